The summed E-state index contributed by atoms with van der Waals surface area (Å²) in [4.78, 5) is 31.1. The molecule has 20 heavy (non-hydrogen) atoms. The zero-order valence-corrected chi connectivity index (χ0v) is 11.0. The number of nitro groups is 1. The second kappa shape index (κ2) is 5.27. The van der Waals surface area contributed by atoms with E-state index in [1.54, 1.807) is 4.90 Å². The van der Waals surface area contributed by atoms with Crippen LogP contribution < -0.4 is 16.4 Å². The van der Waals surface area contributed by atoms with E-state index < -0.39 is 10.8 Å². The van der Waals surface area contributed by atoms with Crippen LogP contribution in [0.25, 0.3) is 0 Å². The van der Waals surface area contributed by atoms with Crippen molar-refractivity contribution in [3.8, 4) is 0 Å². The van der Waals surface area contributed by atoms with Gasteiger partial charge in [-0.05, 0) is 19.8 Å². The van der Waals surface area contributed by atoms with Crippen molar-refractivity contribution in [1.82, 2.24) is 9.97 Å². The van der Waals surface area contributed by atoms with Crippen LogP contribution in [0, 0.1) is 16.0 Å². The lowest BCUT2D eigenvalue weighted by molar-refractivity contribution is -0.384. The third-order valence-electron chi connectivity index (χ3n) is 3.52. The molecule has 1 aliphatic rings. The Morgan fingerprint density at radius 3 is 2.85 bits per heavy atom. The van der Waals surface area contributed by atoms with Gasteiger partial charge in [-0.1, -0.05) is 0 Å². The fraction of sp³-hybridized carbons (Fsp3) is 0.545. The van der Waals surface area contributed by atoms with Crippen LogP contribution in [-0.4, -0.2) is 33.4 Å². The fourth-order valence-electron chi connectivity index (χ4n) is 2.35. The Labute approximate surface area is 115 Å². The Morgan fingerprint density at radius 1 is 1.55 bits per heavy atom. The van der Waals surface area contributed by atoms with E-state index >= 15 is 0 Å². The second-order valence-electron chi connectivity index (χ2n) is 4.87. The van der Waals surface area contributed by atoms with Gasteiger partial charge in [0.15, 0.2) is 0 Å². The highest BCUT2D eigenvalue weighted by Crippen LogP contribution is 2.32. The minimum atomic E-state index is -0.560. The first kappa shape index (κ1) is 14.0. The predicted octanol–water partition coefficient (Wildman–Crippen LogP) is 0.0572. The third kappa shape index (κ3) is 2.60. The van der Waals surface area contributed by atoms with Gasteiger partial charge in [0.2, 0.25) is 17.7 Å². The van der Waals surface area contributed by atoms with E-state index in [1.165, 1.54) is 0 Å². The number of primary amides is 1. The first-order chi connectivity index (χ1) is 9.40. The Hall–Kier alpha value is -2.45. The fourth-order valence-corrected chi connectivity index (χ4v) is 2.35. The largest absolute Gasteiger partial charge is 0.369 e. The summed E-state index contributed by atoms with van der Waals surface area (Å²) in [7, 11) is 0. The highest BCUT2D eigenvalue weighted by Gasteiger charge is 2.33. The molecule has 108 valence electrons. The highest BCUT2D eigenvalue weighted by atomic mass is 16.6. The number of carbonyl (C=O) groups is 1. The van der Waals surface area contributed by atoms with Crippen molar-refractivity contribution < 1.29 is 9.72 Å². The minimum absolute atomic E-state index is 0.0126. The number of nitrogens with two attached hydrogens (primary N) is 2. The molecular formula is C11H16N6O3. The van der Waals surface area contributed by atoms with Crippen molar-refractivity contribution in [2.75, 3.05) is 17.2 Å². The summed E-state index contributed by atoms with van der Waals surface area (Å²) in [5.74, 6) is -0.659. The van der Waals surface area contributed by atoms with Crippen LogP contribution in [-0.2, 0) is 4.79 Å². The number of nitrogens with zero attached hydrogens (tertiary/aromatic N) is 4. The van der Waals surface area contributed by atoms with Crippen molar-refractivity contribution in [3.63, 3.8) is 0 Å². The lowest BCUT2D eigenvalue weighted by Gasteiger charge is -2.37. The number of amides is 1. The van der Waals surface area contributed by atoms with Gasteiger partial charge in [0, 0.05) is 12.6 Å². The quantitative estimate of drug-likeness (QED) is 0.588. The van der Waals surface area contributed by atoms with Gasteiger partial charge in [0.1, 0.15) is 6.20 Å². The third-order valence-corrected chi connectivity index (χ3v) is 3.52. The molecule has 2 atom stereocenters. The molecule has 0 radical (unpaired) electrons. The first-order valence-corrected chi connectivity index (χ1v) is 6.23. The number of anilines is 2. The average molecular weight is 280 g/mol. The number of piperidine rings is 1. The topological polar surface area (TPSA) is 141 Å². The number of aromatic nitrogens is 2. The monoisotopic (exact) mass is 280 g/mol. The maximum atomic E-state index is 11.3. The summed E-state index contributed by atoms with van der Waals surface area (Å²) in [6.45, 7) is 2.22. The first-order valence-electron chi connectivity index (χ1n) is 6.23. The number of nitrogen functional groups attached to an aromatic ring is 1. The molecule has 1 aliphatic heterocycles. The van der Waals surface area contributed by atoms with E-state index in [0.29, 0.717) is 19.4 Å². The SMILES string of the molecule is CC1CCC(C(N)=O)CN1c1nc(N)ncc1[N+](=O)[O-]. The smallest absolute Gasteiger partial charge is 0.329 e. The summed E-state index contributed by atoms with van der Waals surface area (Å²) in [5, 5.41) is 11.1. The lowest BCUT2D eigenvalue weighted by Crippen LogP contribution is -2.46. The molecule has 2 heterocycles. The molecular weight excluding hydrogens is 264 g/mol. The van der Waals surface area contributed by atoms with Gasteiger partial charge in [-0.3, -0.25) is 14.9 Å². The summed E-state index contributed by atoms with van der Waals surface area (Å²) >= 11 is 0. The van der Waals surface area contributed by atoms with Crippen LogP contribution >= 0.6 is 0 Å². The Kier molecular flexibility index (Phi) is 3.68. The minimum Gasteiger partial charge on any atom is -0.369 e. The van der Waals surface area contributed by atoms with Gasteiger partial charge in [0.05, 0.1) is 10.8 Å². The summed E-state index contributed by atoms with van der Waals surface area (Å²) in [5.41, 5.74) is 10.6. The maximum absolute atomic E-state index is 11.3. The van der Waals surface area contributed by atoms with Crippen molar-refractivity contribution in [3.05, 3.63) is 16.3 Å². The summed E-state index contributed by atoms with van der Waals surface area (Å²) in [6.07, 6.45) is 2.45. The molecule has 1 fully saturated rings. The van der Waals surface area contributed by atoms with Crippen LogP contribution in [0.5, 0.6) is 0 Å². The van der Waals surface area contributed by atoms with Gasteiger partial charge < -0.3 is 16.4 Å². The molecule has 2 unspecified atom stereocenters. The van der Waals surface area contributed by atoms with Crippen LogP contribution in [0.3, 0.4) is 0 Å². The zero-order valence-electron chi connectivity index (χ0n) is 11.0. The molecule has 1 amide bonds. The van der Waals surface area contributed by atoms with Crippen molar-refractivity contribution in [1.29, 1.82) is 0 Å². The van der Waals surface area contributed by atoms with Crippen molar-refractivity contribution in [2.24, 2.45) is 11.7 Å². The van der Waals surface area contributed by atoms with E-state index in [2.05, 4.69) is 9.97 Å². The Morgan fingerprint density at radius 2 is 2.25 bits per heavy atom. The van der Waals surface area contributed by atoms with E-state index in [9.17, 15) is 14.9 Å². The molecule has 0 aliphatic carbocycles. The number of hydrogen-bond donors (Lipinski definition) is 2. The molecule has 2 rings (SSSR count). The standard InChI is InChI=1S/C11H16N6O3/c1-6-2-3-7(9(12)18)5-16(6)10-8(17(19)20)4-14-11(13)15-10/h4,6-7H,2-3,5H2,1H3,(H2,12,18)(H2,13,14,15). The van der Waals surface area contributed by atoms with Crippen LogP contribution in [0.1, 0.15) is 19.8 Å². The van der Waals surface area contributed by atoms with Crippen molar-refractivity contribution in [2.45, 2.75) is 25.8 Å². The summed E-state index contributed by atoms with van der Waals surface area (Å²) < 4.78 is 0. The number of rotatable bonds is 3. The molecule has 1 aromatic heterocycles. The number of hydrogen-bond acceptors (Lipinski definition) is 7. The van der Waals surface area contributed by atoms with Crippen LogP contribution in [0.4, 0.5) is 17.5 Å². The zero-order chi connectivity index (χ0) is 14.9. The van der Waals surface area contributed by atoms with E-state index in [4.69, 9.17) is 11.5 Å². The molecule has 1 saturated heterocycles. The highest BCUT2D eigenvalue weighted by molar-refractivity contribution is 5.78. The van der Waals surface area contributed by atoms with E-state index in [0.717, 1.165) is 6.20 Å². The van der Waals surface area contributed by atoms with Gasteiger partial charge in [0.25, 0.3) is 0 Å². The van der Waals surface area contributed by atoms with E-state index in [-0.39, 0.29) is 29.4 Å². The van der Waals surface area contributed by atoms with Crippen molar-refractivity contribution >= 4 is 23.4 Å². The van der Waals surface area contributed by atoms with Gasteiger partial charge in [-0.2, -0.15) is 4.98 Å². The molecule has 1 aromatic rings. The Bertz CT molecular complexity index is 549. The molecule has 0 saturated carbocycles. The average Bonchev–Trinajstić information content (AvgIpc) is 2.38. The lowest BCUT2D eigenvalue weighted by atomic mass is 9.93. The predicted molar refractivity (Wildman–Crippen MR) is 71.8 cm³/mol. The molecule has 0 bridgehead atoms. The summed E-state index contributed by atoms with van der Waals surface area (Å²) in [6, 6.07) is 0.0126. The Balaban J connectivity index is 2.40. The van der Waals surface area contributed by atoms with Crippen LogP contribution in [0.2, 0.25) is 0 Å². The van der Waals surface area contributed by atoms with Gasteiger partial charge in [-0.15, -0.1) is 0 Å². The second-order valence-corrected chi connectivity index (χ2v) is 4.87. The van der Waals surface area contributed by atoms with E-state index in [1.807, 2.05) is 6.92 Å². The molecule has 0 aromatic carbocycles. The van der Waals surface area contributed by atoms with Gasteiger partial charge >= 0.3 is 5.69 Å². The van der Waals surface area contributed by atoms with Gasteiger partial charge in [-0.25, -0.2) is 4.98 Å². The molecule has 0 spiro atoms. The maximum Gasteiger partial charge on any atom is 0.329 e. The molecule has 4 N–H and O–H groups in total. The molecule has 9 nitrogen and oxygen atoms in total. The normalized spacial score (nSPS) is 22.6. The molecule has 9 heteroatoms. The van der Waals surface area contributed by atoms with Crippen LogP contribution in [0.15, 0.2) is 6.20 Å². The number of carbonyl (C=O) groups excluding carboxylic acids is 1.